The van der Waals surface area contributed by atoms with Gasteiger partial charge in [-0.2, -0.15) is 0 Å². The molecule has 78 valence electrons. The van der Waals surface area contributed by atoms with E-state index in [4.69, 9.17) is 0 Å². The summed E-state index contributed by atoms with van der Waals surface area (Å²) in [5.74, 6) is 0. The van der Waals surface area contributed by atoms with Gasteiger partial charge < -0.3 is 5.32 Å². The highest BCUT2D eigenvalue weighted by molar-refractivity contribution is 9.10. The fourth-order valence-corrected chi connectivity index (χ4v) is 2.25. The van der Waals surface area contributed by atoms with Gasteiger partial charge in [-0.05, 0) is 17.7 Å². The monoisotopic (exact) mass is 282 g/mol. The highest BCUT2D eigenvalue weighted by Crippen LogP contribution is 2.18. The van der Waals surface area contributed by atoms with Crippen molar-refractivity contribution in [2.45, 2.75) is 6.42 Å². The molecule has 2 aromatic rings. The van der Waals surface area contributed by atoms with Crippen LogP contribution in [-0.2, 0) is 6.42 Å². The summed E-state index contributed by atoms with van der Waals surface area (Å²) in [5.41, 5.74) is 2.40. The van der Waals surface area contributed by atoms with Crippen molar-refractivity contribution in [1.29, 1.82) is 0 Å². The molecule has 0 fully saturated rings. The molecule has 0 aliphatic heterocycles. The molecule has 1 aromatic heterocycles. The zero-order valence-electron chi connectivity index (χ0n) is 8.33. The van der Waals surface area contributed by atoms with Gasteiger partial charge in [-0.15, -0.1) is 11.3 Å². The smallest absolute Gasteiger partial charge is 0.182 e. The summed E-state index contributed by atoms with van der Waals surface area (Å²) in [4.78, 5) is 4.44. The molecule has 0 unspecified atom stereocenters. The Kier molecular flexibility index (Phi) is 3.38. The molecule has 0 bridgehead atoms. The fraction of sp³-hybridized carbons (Fsp3) is 0.182. The Bertz CT molecular complexity index is 436. The molecule has 1 heterocycles. The molecule has 0 amide bonds. The van der Waals surface area contributed by atoms with E-state index >= 15 is 0 Å². The van der Waals surface area contributed by atoms with Crippen molar-refractivity contribution in [3.05, 3.63) is 45.4 Å². The predicted octanol–water partition coefficient (Wildman–Crippen LogP) is 3.54. The molecule has 0 aliphatic rings. The van der Waals surface area contributed by atoms with Gasteiger partial charge in [-0.25, -0.2) is 4.98 Å². The van der Waals surface area contributed by atoms with Crippen LogP contribution in [0.2, 0.25) is 0 Å². The topological polar surface area (TPSA) is 24.9 Å². The van der Waals surface area contributed by atoms with E-state index in [0.29, 0.717) is 0 Å². The Labute approximate surface area is 101 Å². The van der Waals surface area contributed by atoms with Crippen LogP contribution in [0.3, 0.4) is 0 Å². The predicted molar refractivity (Wildman–Crippen MR) is 68.6 cm³/mol. The molecule has 0 aliphatic carbocycles. The SMILES string of the molecule is CNc1nc(Cc2ccc(Br)cc2)cs1. The summed E-state index contributed by atoms with van der Waals surface area (Å²) in [6, 6.07) is 8.34. The van der Waals surface area contributed by atoms with E-state index in [9.17, 15) is 0 Å². The van der Waals surface area contributed by atoms with Gasteiger partial charge in [0.15, 0.2) is 5.13 Å². The van der Waals surface area contributed by atoms with Crippen LogP contribution in [0.1, 0.15) is 11.3 Å². The Morgan fingerprint density at radius 1 is 1.33 bits per heavy atom. The first-order valence-corrected chi connectivity index (χ1v) is 6.32. The number of thiazole rings is 1. The number of nitrogens with one attached hydrogen (secondary N) is 1. The first-order chi connectivity index (χ1) is 7.28. The molecule has 0 spiro atoms. The molecular weight excluding hydrogens is 272 g/mol. The minimum absolute atomic E-state index is 0.894. The quantitative estimate of drug-likeness (QED) is 0.932. The average Bonchev–Trinajstić information content (AvgIpc) is 2.69. The second-order valence-electron chi connectivity index (χ2n) is 3.20. The zero-order chi connectivity index (χ0) is 10.7. The number of hydrogen-bond donors (Lipinski definition) is 1. The van der Waals surface area contributed by atoms with Crippen LogP contribution in [0.15, 0.2) is 34.1 Å². The summed E-state index contributed by atoms with van der Waals surface area (Å²) in [7, 11) is 1.89. The number of anilines is 1. The summed E-state index contributed by atoms with van der Waals surface area (Å²) >= 11 is 5.06. The van der Waals surface area contributed by atoms with Gasteiger partial charge in [0.05, 0.1) is 5.69 Å². The number of benzene rings is 1. The largest absolute Gasteiger partial charge is 0.365 e. The van der Waals surface area contributed by atoms with E-state index < -0.39 is 0 Å². The molecular formula is C11H11BrN2S. The number of nitrogens with zero attached hydrogens (tertiary/aromatic N) is 1. The van der Waals surface area contributed by atoms with E-state index in [1.54, 1.807) is 11.3 Å². The van der Waals surface area contributed by atoms with Crippen LogP contribution < -0.4 is 5.32 Å². The molecule has 0 radical (unpaired) electrons. The Balaban J connectivity index is 2.11. The third-order valence-corrected chi connectivity index (χ3v) is 3.50. The van der Waals surface area contributed by atoms with Crippen molar-refractivity contribution >= 4 is 32.4 Å². The third-order valence-electron chi connectivity index (χ3n) is 2.06. The average molecular weight is 283 g/mol. The van der Waals surface area contributed by atoms with Gasteiger partial charge in [-0.1, -0.05) is 28.1 Å². The Hall–Kier alpha value is -0.870. The van der Waals surface area contributed by atoms with E-state index in [1.165, 1.54) is 5.56 Å². The number of aromatic nitrogens is 1. The van der Waals surface area contributed by atoms with Gasteiger partial charge >= 0.3 is 0 Å². The highest BCUT2D eigenvalue weighted by atomic mass is 79.9. The highest BCUT2D eigenvalue weighted by Gasteiger charge is 2.01. The molecule has 0 saturated heterocycles. The lowest BCUT2D eigenvalue weighted by Crippen LogP contribution is -1.90. The second kappa shape index (κ2) is 4.77. The van der Waals surface area contributed by atoms with Gasteiger partial charge in [0.1, 0.15) is 0 Å². The summed E-state index contributed by atoms with van der Waals surface area (Å²) in [5, 5.41) is 6.11. The maximum Gasteiger partial charge on any atom is 0.182 e. The van der Waals surface area contributed by atoms with Gasteiger partial charge in [0, 0.05) is 23.3 Å². The minimum Gasteiger partial charge on any atom is -0.365 e. The summed E-state index contributed by atoms with van der Waals surface area (Å²) in [6.45, 7) is 0. The number of hydrogen-bond acceptors (Lipinski definition) is 3. The van der Waals surface area contributed by atoms with Crippen LogP contribution in [0.25, 0.3) is 0 Å². The maximum absolute atomic E-state index is 4.44. The molecule has 15 heavy (non-hydrogen) atoms. The molecule has 2 rings (SSSR count). The fourth-order valence-electron chi connectivity index (χ4n) is 1.31. The van der Waals surface area contributed by atoms with Crippen LogP contribution in [0.5, 0.6) is 0 Å². The summed E-state index contributed by atoms with van der Waals surface area (Å²) < 4.78 is 1.11. The molecule has 0 atom stereocenters. The lowest BCUT2D eigenvalue weighted by Gasteiger charge is -1.98. The van der Waals surface area contributed by atoms with Crippen LogP contribution in [-0.4, -0.2) is 12.0 Å². The van der Waals surface area contributed by atoms with E-state index in [0.717, 1.165) is 21.7 Å². The van der Waals surface area contributed by atoms with Crippen LogP contribution in [0, 0.1) is 0 Å². The maximum atomic E-state index is 4.44. The zero-order valence-corrected chi connectivity index (χ0v) is 10.7. The first kappa shape index (κ1) is 10.6. The van der Waals surface area contributed by atoms with E-state index in [1.807, 2.05) is 7.05 Å². The number of halogens is 1. The summed E-state index contributed by atoms with van der Waals surface area (Å²) in [6.07, 6.45) is 0.894. The molecule has 1 N–H and O–H groups in total. The van der Waals surface area contributed by atoms with Crippen molar-refractivity contribution in [2.24, 2.45) is 0 Å². The van der Waals surface area contributed by atoms with E-state index in [-0.39, 0.29) is 0 Å². The van der Waals surface area contributed by atoms with Crippen LogP contribution in [0.4, 0.5) is 5.13 Å². The second-order valence-corrected chi connectivity index (χ2v) is 4.97. The molecule has 4 heteroatoms. The van der Waals surface area contributed by atoms with Crippen molar-refractivity contribution in [3.63, 3.8) is 0 Å². The Morgan fingerprint density at radius 3 is 2.67 bits per heavy atom. The molecule has 0 saturated carbocycles. The number of rotatable bonds is 3. The Morgan fingerprint density at radius 2 is 2.07 bits per heavy atom. The van der Waals surface area contributed by atoms with Gasteiger partial charge in [0.25, 0.3) is 0 Å². The lowest BCUT2D eigenvalue weighted by molar-refractivity contribution is 1.10. The molecule has 1 aromatic carbocycles. The van der Waals surface area contributed by atoms with Crippen LogP contribution >= 0.6 is 27.3 Å². The van der Waals surface area contributed by atoms with Gasteiger partial charge in [0.2, 0.25) is 0 Å². The van der Waals surface area contributed by atoms with E-state index in [2.05, 4.69) is 55.9 Å². The van der Waals surface area contributed by atoms with Crippen molar-refractivity contribution in [2.75, 3.05) is 12.4 Å². The standard InChI is InChI=1S/C11H11BrN2S/c1-13-11-14-10(7-15-11)6-8-2-4-9(12)5-3-8/h2-5,7H,6H2,1H3,(H,13,14). The molecule has 2 nitrogen and oxygen atoms in total. The minimum atomic E-state index is 0.894. The van der Waals surface area contributed by atoms with Crippen molar-refractivity contribution in [1.82, 2.24) is 4.98 Å². The van der Waals surface area contributed by atoms with Gasteiger partial charge in [-0.3, -0.25) is 0 Å². The lowest BCUT2D eigenvalue weighted by atomic mass is 10.1. The normalized spacial score (nSPS) is 10.3. The van der Waals surface area contributed by atoms with Crippen molar-refractivity contribution < 1.29 is 0 Å². The third kappa shape index (κ3) is 2.79. The van der Waals surface area contributed by atoms with Crippen molar-refractivity contribution in [3.8, 4) is 0 Å². The first-order valence-electron chi connectivity index (χ1n) is 4.64.